The first-order valence-corrected chi connectivity index (χ1v) is 9.64. The first kappa shape index (κ1) is 24.8. The molecule has 11 heteroatoms. The minimum absolute atomic E-state index is 0.220. The van der Waals surface area contributed by atoms with Gasteiger partial charge in [0.25, 0.3) is 0 Å². The first-order valence-electron chi connectivity index (χ1n) is 9.64. The van der Waals surface area contributed by atoms with Crippen molar-refractivity contribution in [1.29, 1.82) is 0 Å². The van der Waals surface area contributed by atoms with Gasteiger partial charge in [0.05, 0.1) is 12.2 Å². The van der Waals surface area contributed by atoms with Crippen molar-refractivity contribution in [3.8, 4) is 0 Å². The number of hydrogen-bond donors (Lipinski definition) is 6. The Bertz CT molecular complexity index is 623. The van der Waals surface area contributed by atoms with Gasteiger partial charge in [0, 0.05) is 6.54 Å². The summed E-state index contributed by atoms with van der Waals surface area (Å²) in [6.45, 7) is 6.15. The van der Waals surface area contributed by atoms with E-state index in [0.29, 0.717) is 12.8 Å². The minimum atomic E-state index is -1.36. The van der Waals surface area contributed by atoms with Crippen LogP contribution in [0, 0.1) is 5.92 Å². The predicted octanol–water partition coefficient (Wildman–Crippen LogP) is -2.22. The zero-order chi connectivity index (χ0) is 22.5. The summed E-state index contributed by atoms with van der Waals surface area (Å²) in [5.41, 5.74) is 5.56. The number of carbonyl (C=O) groups excluding carboxylic acids is 3. The van der Waals surface area contributed by atoms with Crippen LogP contribution in [0.15, 0.2) is 0 Å². The number of nitrogens with two attached hydrogens (primary N) is 1. The third-order valence-corrected chi connectivity index (χ3v) is 4.94. The Kier molecular flexibility index (Phi) is 8.99. The van der Waals surface area contributed by atoms with Crippen LogP contribution in [-0.2, 0) is 19.2 Å². The van der Waals surface area contributed by atoms with E-state index in [4.69, 9.17) is 5.73 Å². The molecule has 1 aliphatic rings. The molecule has 7 N–H and O–H groups in total. The Morgan fingerprint density at radius 1 is 1.00 bits per heavy atom. The van der Waals surface area contributed by atoms with Crippen molar-refractivity contribution in [2.75, 3.05) is 6.54 Å². The molecule has 1 fully saturated rings. The minimum Gasteiger partial charge on any atom is -0.480 e. The van der Waals surface area contributed by atoms with Crippen molar-refractivity contribution >= 4 is 23.7 Å². The first-order chi connectivity index (χ1) is 13.4. The summed E-state index contributed by atoms with van der Waals surface area (Å²) in [4.78, 5) is 50.2. The van der Waals surface area contributed by atoms with Gasteiger partial charge in [-0.3, -0.25) is 14.4 Å². The predicted molar refractivity (Wildman–Crippen MR) is 102 cm³/mol. The molecule has 0 radical (unpaired) electrons. The zero-order valence-electron chi connectivity index (χ0n) is 17.2. The molecule has 0 bridgehead atoms. The molecule has 0 aromatic carbocycles. The molecule has 3 amide bonds. The van der Waals surface area contributed by atoms with Crippen LogP contribution >= 0.6 is 0 Å². The van der Waals surface area contributed by atoms with Crippen molar-refractivity contribution in [3.63, 3.8) is 0 Å². The molecule has 166 valence electrons. The van der Waals surface area contributed by atoms with Gasteiger partial charge in [0.1, 0.15) is 24.2 Å². The molecule has 1 heterocycles. The summed E-state index contributed by atoms with van der Waals surface area (Å²) in [5, 5.41) is 33.4. The molecule has 1 rings (SSSR count). The molecule has 11 nitrogen and oxygen atoms in total. The second-order valence-corrected chi connectivity index (χ2v) is 7.75. The van der Waals surface area contributed by atoms with Crippen molar-refractivity contribution < 1.29 is 34.5 Å². The lowest BCUT2D eigenvalue weighted by Gasteiger charge is -2.31. The summed E-state index contributed by atoms with van der Waals surface area (Å²) < 4.78 is 0. The van der Waals surface area contributed by atoms with E-state index in [1.807, 2.05) is 0 Å². The highest BCUT2D eigenvalue weighted by Gasteiger charge is 2.40. The molecule has 1 saturated heterocycles. The second-order valence-electron chi connectivity index (χ2n) is 7.75. The molecule has 6 unspecified atom stereocenters. The van der Waals surface area contributed by atoms with Crippen LogP contribution < -0.4 is 16.4 Å². The fraction of sp³-hybridized carbons (Fsp3) is 0.778. The Morgan fingerprint density at radius 3 is 2.03 bits per heavy atom. The number of rotatable bonds is 9. The van der Waals surface area contributed by atoms with Gasteiger partial charge in [-0.05, 0) is 32.6 Å². The fourth-order valence-corrected chi connectivity index (χ4v) is 3.10. The highest BCUT2D eigenvalue weighted by Crippen LogP contribution is 2.20. The van der Waals surface area contributed by atoms with Crippen molar-refractivity contribution in [2.24, 2.45) is 11.7 Å². The smallest absolute Gasteiger partial charge is 0.326 e. The summed E-state index contributed by atoms with van der Waals surface area (Å²) in [5.74, 6) is -3.63. The summed E-state index contributed by atoms with van der Waals surface area (Å²) >= 11 is 0. The molecular formula is C18H32N4O7. The number of hydrogen-bond acceptors (Lipinski definition) is 7. The third-order valence-electron chi connectivity index (χ3n) is 4.94. The normalized spacial score (nSPS) is 21.8. The van der Waals surface area contributed by atoms with Gasteiger partial charge >= 0.3 is 5.97 Å². The van der Waals surface area contributed by atoms with Crippen molar-refractivity contribution in [1.82, 2.24) is 15.5 Å². The van der Waals surface area contributed by atoms with Gasteiger partial charge in [-0.25, -0.2) is 4.79 Å². The van der Waals surface area contributed by atoms with E-state index in [1.165, 1.54) is 18.7 Å². The zero-order valence-corrected chi connectivity index (χ0v) is 17.2. The summed E-state index contributed by atoms with van der Waals surface area (Å²) in [7, 11) is 0. The number of carboxylic acids is 1. The highest BCUT2D eigenvalue weighted by atomic mass is 16.4. The van der Waals surface area contributed by atoms with Crippen LogP contribution in [-0.4, -0.2) is 86.8 Å². The Balaban J connectivity index is 2.94. The number of nitrogens with zero attached hydrogens (tertiary/aromatic N) is 1. The van der Waals surface area contributed by atoms with Gasteiger partial charge in [0.15, 0.2) is 0 Å². The van der Waals surface area contributed by atoms with E-state index in [2.05, 4.69) is 10.6 Å². The van der Waals surface area contributed by atoms with E-state index >= 15 is 0 Å². The molecule has 0 aromatic heterocycles. The molecule has 29 heavy (non-hydrogen) atoms. The lowest BCUT2D eigenvalue weighted by Crippen LogP contribution is -2.60. The molecule has 0 saturated carbocycles. The summed E-state index contributed by atoms with van der Waals surface area (Å²) in [6.07, 6.45) is -1.60. The number of amides is 3. The van der Waals surface area contributed by atoms with Gasteiger partial charge in [-0.2, -0.15) is 0 Å². The maximum absolute atomic E-state index is 12.9. The van der Waals surface area contributed by atoms with Gasteiger partial charge < -0.3 is 36.6 Å². The molecular weight excluding hydrogens is 384 g/mol. The fourth-order valence-electron chi connectivity index (χ4n) is 3.10. The number of aliphatic hydroxyl groups is 2. The summed E-state index contributed by atoms with van der Waals surface area (Å²) in [6, 6.07) is -4.66. The van der Waals surface area contributed by atoms with Crippen LogP contribution in [0.2, 0.25) is 0 Å². The van der Waals surface area contributed by atoms with E-state index in [1.54, 1.807) is 13.8 Å². The van der Waals surface area contributed by atoms with E-state index in [0.717, 1.165) is 0 Å². The van der Waals surface area contributed by atoms with Gasteiger partial charge in [-0.15, -0.1) is 0 Å². The van der Waals surface area contributed by atoms with E-state index in [9.17, 15) is 34.5 Å². The Labute approximate surface area is 169 Å². The number of aliphatic hydroxyl groups excluding tert-OH is 2. The Hall–Kier alpha value is -2.24. The van der Waals surface area contributed by atoms with Gasteiger partial charge in [0.2, 0.25) is 17.7 Å². The molecule has 1 aliphatic heterocycles. The van der Waals surface area contributed by atoms with Crippen LogP contribution in [0.1, 0.15) is 40.5 Å². The van der Waals surface area contributed by atoms with Crippen molar-refractivity contribution in [2.45, 2.75) is 76.9 Å². The quantitative estimate of drug-likeness (QED) is 0.244. The van der Waals surface area contributed by atoms with Crippen molar-refractivity contribution in [3.05, 3.63) is 0 Å². The Morgan fingerprint density at radius 2 is 1.59 bits per heavy atom. The maximum Gasteiger partial charge on any atom is 0.326 e. The van der Waals surface area contributed by atoms with E-state index < -0.39 is 60.1 Å². The topological polar surface area (TPSA) is 182 Å². The molecule has 0 aliphatic carbocycles. The van der Waals surface area contributed by atoms with Crippen LogP contribution in [0.3, 0.4) is 0 Å². The van der Waals surface area contributed by atoms with Crippen LogP contribution in [0.5, 0.6) is 0 Å². The van der Waals surface area contributed by atoms with E-state index in [-0.39, 0.29) is 12.5 Å². The molecule has 0 spiro atoms. The standard InChI is InChI=1S/C18H32N4O7/c1-8(2)13(18(28)29)20-15(25)11-6-5-7-22(11)17(27)14(10(4)24)21-16(26)12(19)9(3)23/h8-14,23-24H,5-7,19H2,1-4H3,(H,20,25)(H,21,26)(H,28,29). The molecule has 6 atom stereocenters. The average Bonchev–Trinajstić information content (AvgIpc) is 3.11. The second kappa shape index (κ2) is 10.5. The number of carboxylic acid groups (broad SMARTS) is 1. The lowest BCUT2D eigenvalue weighted by atomic mass is 10.0. The number of aliphatic carboxylic acids is 1. The van der Waals surface area contributed by atoms with Crippen LogP contribution in [0.4, 0.5) is 0 Å². The lowest BCUT2D eigenvalue weighted by molar-refractivity contribution is -0.146. The molecule has 0 aromatic rings. The monoisotopic (exact) mass is 416 g/mol. The highest BCUT2D eigenvalue weighted by molar-refractivity contribution is 5.94. The third kappa shape index (κ3) is 6.38. The maximum atomic E-state index is 12.9. The SMILES string of the molecule is CC(C)C(NC(=O)C1CCCN1C(=O)C(NC(=O)C(N)C(C)O)C(C)O)C(=O)O. The number of nitrogens with one attached hydrogen (secondary N) is 2. The average molecular weight is 416 g/mol. The number of likely N-dealkylation sites (tertiary alicyclic amines) is 1. The van der Waals surface area contributed by atoms with Gasteiger partial charge in [-0.1, -0.05) is 13.8 Å². The number of carbonyl (C=O) groups is 4. The largest absolute Gasteiger partial charge is 0.480 e. The van der Waals surface area contributed by atoms with Crippen LogP contribution in [0.25, 0.3) is 0 Å².